The lowest BCUT2D eigenvalue weighted by Crippen LogP contribution is -2.37. The van der Waals surface area contributed by atoms with Crippen LogP contribution in [0.5, 0.6) is 0 Å². The van der Waals surface area contributed by atoms with E-state index in [-0.39, 0.29) is 12.0 Å². The van der Waals surface area contributed by atoms with Crippen molar-refractivity contribution in [1.82, 2.24) is 10.6 Å². The van der Waals surface area contributed by atoms with Gasteiger partial charge in [0, 0.05) is 25.5 Å². The molecule has 4 heteroatoms. The Balaban J connectivity index is 1.49. The average molecular weight is 359 g/mol. The zero-order valence-corrected chi connectivity index (χ0v) is 16.3. The number of carbonyl (C=O) groups excluding carboxylic acids is 1. The van der Waals surface area contributed by atoms with Crippen molar-refractivity contribution in [2.75, 3.05) is 26.2 Å². The molecule has 26 heavy (non-hydrogen) atoms. The number of ether oxygens (including phenoxy) is 1. The molecular formula is C22H34N2O2. The van der Waals surface area contributed by atoms with Gasteiger partial charge in [-0.25, -0.2) is 0 Å². The predicted molar refractivity (Wildman–Crippen MR) is 105 cm³/mol. The molecule has 0 aromatic heterocycles. The Bertz CT molecular complexity index is 566. The highest BCUT2D eigenvalue weighted by molar-refractivity contribution is 5.76. The Kier molecular flexibility index (Phi) is 7.09. The summed E-state index contributed by atoms with van der Waals surface area (Å²) >= 11 is 0. The molecule has 1 amide bonds. The summed E-state index contributed by atoms with van der Waals surface area (Å²) in [5.41, 5.74) is 2.50. The molecule has 144 valence electrons. The van der Waals surface area contributed by atoms with E-state index in [0.29, 0.717) is 24.2 Å². The van der Waals surface area contributed by atoms with Gasteiger partial charge in [0.2, 0.25) is 5.91 Å². The van der Waals surface area contributed by atoms with E-state index >= 15 is 0 Å². The molecule has 0 aliphatic carbocycles. The molecule has 2 aliphatic rings. The summed E-state index contributed by atoms with van der Waals surface area (Å²) in [6.07, 6.45) is 5.33. The molecule has 2 fully saturated rings. The molecule has 0 spiro atoms. The van der Waals surface area contributed by atoms with Crippen LogP contribution in [-0.2, 0) is 9.53 Å². The average Bonchev–Trinajstić information content (AvgIpc) is 2.68. The quantitative estimate of drug-likeness (QED) is 0.817. The normalized spacial score (nSPS) is 25.6. The first-order chi connectivity index (χ1) is 12.6. The fourth-order valence-electron chi connectivity index (χ4n) is 4.37. The molecule has 0 bridgehead atoms. The fourth-order valence-corrected chi connectivity index (χ4v) is 4.37. The smallest absolute Gasteiger partial charge is 0.220 e. The van der Waals surface area contributed by atoms with E-state index < -0.39 is 0 Å². The van der Waals surface area contributed by atoms with Crippen LogP contribution in [0.1, 0.15) is 56.3 Å². The van der Waals surface area contributed by atoms with Crippen molar-refractivity contribution in [3.63, 3.8) is 0 Å². The Morgan fingerprint density at radius 3 is 2.69 bits per heavy atom. The van der Waals surface area contributed by atoms with Crippen LogP contribution >= 0.6 is 0 Å². The van der Waals surface area contributed by atoms with Crippen LogP contribution in [0.25, 0.3) is 0 Å². The summed E-state index contributed by atoms with van der Waals surface area (Å²) in [5, 5.41) is 6.60. The third-order valence-electron chi connectivity index (χ3n) is 6.11. The van der Waals surface area contributed by atoms with Crippen molar-refractivity contribution < 1.29 is 9.53 Å². The number of amides is 1. The third kappa shape index (κ3) is 5.31. The summed E-state index contributed by atoms with van der Waals surface area (Å²) in [7, 11) is 0. The van der Waals surface area contributed by atoms with E-state index in [1.807, 2.05) is 0 Å². The summed E-state index contributed by atoms with van der Waals surface area (Å²) < 4.78 is 6.07. The molecular weight excluding hydrogens is 324 g/mol. The van der Waals surface area contributed by atoms with Crippen LogP contribution in [-0.4, -0.2) is 32.1 Å². The van der Waals surface area contributed by atoms with Crippen molar-refractivity contribution >= 4 is 5.91 Å². The molecule has 4 nitrogen and oxygen atoms in total. The summed E-state index contributed by atoms with van der Waals surface area (Å²) in [5.74, 6) is 1.71. The van der Waals surface area contributed by atoms with Crippen molar-refractivity contribution in [3.05, 3.63) is 35.4 Å². The number of nitrogens with one attached hydrogen (secondary N) is 2. The van der Waals surface area contributed by atoms with Crippen molar-refractivity contribution in [3.8, 4) is 0 Å². The monoisotopic (exact) mass is 358 g/mol. The summed E-state index contributed by atoms with van der Waals surface area (Å²) in [4.78, 5) is 12.5. The van der Waals surface area contributed by atoms with Crippen molar-refractivity contribution in [2.24, 2.45) is 17.8 Å². The standard InChI is InChI=1S/C22H34N2O2/c1-16-5-7-19(8-6-16)22-20(4-3-13-26-22)15-24-21(25)14-17(2)18-9-11-23-12-10-18/h5-8,17-18,20,22-23H,3-4,9-15H2,1-2H3,(H,24,25). The minimum atomic E-state index is 0.103. The SMILES string of the molecule is Cc1ccc(C2OCCCC2CNC(=O)CC(C)C2CCNCC2)cc1. The molecule has 2 saturated heterocycles. The van der Waals surface area contributed by atoms with E-state index in [1.165, 1.54) is 24.0 Å². The first-order valence-corrected chi connectivity index (χ1v) is 10.3. The number of aryl methyl sites for hydroxylation is 1. The molecule has 1 aromatic carbocycles. The maximum atomic E-state index is 12.5. The lowest BCUT2D eigenvalue weighted by molar-refractivity contribution is -0.123. The van der Waals surface area contributed by atoms with Gasteiger partial charge < -0.3 is 15.4 Å². The number of rotatable bonds is 6. The van der Waals surface area contributed by atoms with Gasteiger partial charge in [-0.1, -0.05) is 36.8 Å². The third-order valence-corrected chi connectivity index (χ3v) is 6.11. The minimum absolute atomic E-state index is 0.103. The Morgan fingerprint density at radius 1 is 1.23 bits per heavy atom. The maximum Gasteiger partial charge on any atom is 0.220 e. The number of benzene rings is 1. The number of piperidine rings is 1. The highest BCUT2D eigenvalue weighted by atomic mass is 16.5. The zero-order chi connectivity index (χ0) is 18.4. The lowest BCUT2D eigenvalue weighted by Gasteiger charge is -2.33. The van der Waals surface area contributed by atoms with Crippen molar-refractivity contribution in [1.29, 1.82) is 0 Å². The van der Waals surface area contributed by atoms with Gasteiger partial charge in [0.25, 0.3) is 0 Å². The first-order valence-electron chi connectivity index (χ1n) is 10.3. The van der Waals surface area contributed by atoms with Gasteiger partial charge in [0.15, 0.2) is 0 Å². The van der Waals surface area contributed by atoms with Crippen LogP contribution in [0.2, 0.25) is 0 Å². The van der Waals surface area contributed by atoms with Crippen LogP contribution in [0.3, 0.4) is 0 Å². The van der Waals surface area contributed by atoms with Gasteiger partial charge in [0.05, 0.1) is 6.10 Å². The second-order valence-corrected chi connectivity index (χ2v) is 8.18. The molecule has 3 unspecified atom stereocenters. The molecule has 2 heterocycles. The Labute approximate surface area is 158 Å². The molecule has 2 aliphatic heterocycles. The molecule has 0 saturated carbocycles. The molecule has 3 atom stereocenters. The van der Waals surface area contributed by atoms with Gasteiger partial charge in [0.1, 0.15) is 0 Å². The molecule has 3 rings (SSSR count). The molecule has 1 aromatic rings. The van der Waals surface area contributed by atoms with Crippen LogP contribution < -0.4 is 10.6 Å². The maximum absolute atomic E-state index is 12.5. The predicted octanol–water partition coefficient (Wildman–Crippen LogP) is 3.60. The summed E-state index contributed by atoms with van der Waals surface area (Å²) in [6.45, 7) is 8.05. The van der Waals surface area contributed by atoms with Crippen molar-refractivity contribution in [2.45, 2.75) is 52.1 Å². The van der Waals surface area contributed by atoms with Gasteiger partial charge >= 0.3 is 0 Å². The second kappa shape index (κ2) is 9.52. The minimum Gasteiger partial charge on any atom is -0.373 e. The van der Waals surface area contributed by atoms with Gasteiger partial charge in [-0.2, -0.15) is 0 Å². The van der Waals surface area contributed by atoms with E-state index in [2.05, 4.69) is 48.7 Å². The van der Waals surface area contributed by atoms with Crippen LogP contribution in [0.15, 0.2) is 24.3 Å². The number of hydrogen-bond donors (Lipinski definition) is 2. The molecule has 0 radical (unpaired) electrons. The lowest BCUT2D eigenvalue weighted by atomic mass is 9.84. The topological polar surface area (TPSA) is 50.4 Å². The summed E-state index contributed by atoms with van der Waals surface area (Å²) in [6, 6.07) is 8.62. The van der Waals surface area contributed by atoms with Gasteiger partial charge in [-0.15, -0.1) is 0 Å². The first kappa shape index (κ1) is 19.4. The Hall–Kier alpha value is -1.39. The number of carbonyl (C=O) groups is 1. The fraction of sp³-hybridized carbons (Fsp3) is 0.682. The van der Waals surface area contributed by atoms with E-state index in [0.717, 1.165) is 39.1 Å². The van der Waals surface area contributed by atoms with Crippen LogP contribution in [0, 0.1) is 24.7 Å². The Morgan fingerprint density at radius 2 is 1.96 bits per heavy atom. The highest BCUT2D eigenvalue weighted by Gasteiger charge is 2.28. The van der Waals surface area contributed by atoms with Crippen LogP contribution in [0.4, 0.5) is 0 Å². The largest absolute Gasteiger partial charge is 0.373 e. The van der Waals surface area contributed by atoms with E-state index in [1.54, 1.807) is 0 Å². The molecule has 2 N–H and O–H groups in total. The zero-order valence-electron chi connectivity index (χ0n) is 16.3. The highest BCUT2D eigenvalue weighted by Crippen LogP contribution is 2.33. The van der Waals surface area contributed by atoms with E-state index in [4.69, 9.17) is 4.74 Å². The van der Waals surface area contributed by atoms with Gasteiger partial charge in [-0.05, 0) is 63.1 Å². The van der Waals surface area contributed by atoms with Gasteiger partial charge in [-0.3, -0.25) is 4.79 Å². The van der Waals surface area contributed by atoms with E-state index in [9.17, 15) is 4.79 Å². The second-order valence-electron chi connectivity index (χ2n) is 8.18. The number of hydrogen-bond acceptors (Lipinski definition) is 3.